The zero-order valence-electron chi connectivity index (χ0n) is 11.6. The number of carbonyl (C=O) groups excluding carboxylic acids is 1. The maximum absolute atomic E-state index is 12.3. The van der Waals surface area contributed by atoms with Crippen molar-refractivity contribution in [2.45, 2.75) is 11.4 Å². The molecular formula is C14H15NO5S. The summed E-state index contributed by atoms with van der Waals surface area (Å²) in [4.78, 5) is 11.5. The van der Waals surface area contributed by atoms with Gasteiger partial charge in [0, 0.05) is 7.05 Å². The highest BCUT2D eigenvalue weighted by molar-refractivity contribution is 7.89. The minimum Gasteiger partial charge on any atom is -0.463 e. The van der Waals surface area contributed by atoms with Crippen molar-refractivity contribution in [3.05, 3.63) is 54.0 Å². The predicted molar refractivity (Wildman–Crippen MR) is 75.1 cm³/mol. The van der Waals surface area contributed by atoms with Crippen molar-refractivity contribution in [3.8, 4) is 0 Å². The third-order valence-corrected chi connectivity index (χ3v) is 4.70. The number of ether oxygens (including phenoxy) is 1. The van der Waals surface area contributed by atoms with Crippen molar-refractivity contribution in [3.63, 3.8) is 0 Å². The zero-order valence-corrected chi connectivity index (χ0v) is 12.5. The first-order valence-corrected chi connectivity index (χ1v) is 7.57. The Balaban J connectivity index is 2.16. The predicted octanol–water partition coefficient (Wildman–Crippen LogP) is 1.89. The van der Waals surface area contributed by atoms with E-state index in [9.17, 15) is 13.2 Å². The molecule has 0 amide bonds. The molecule has 2 aromatic rings. The summed E-state index contributed by atoms with van der Waals surface area (Å²) in [5, 5.41) is 0. The van der Waals surface area contributed by atoms with E-state index in [1.165, 1.54) is 32.4 Å². The fraction of sp³-hybridized carbons (Fsp3) is 0.214. The van der Waals surface area contributed by atoms with E-state index in [1.54, 1.807) is 24.3 Å². The molecule has 0 N–H and O–H groups in total. The van der Waals surface area contributed by atoms with Gasteiger partial charge in [0.25, 0.3) is 0 Å². The van der Waals surface area contributed by atoms with Gasteiger partial charge in [-0.05, 0) is 24.3 Å². The summed E-state index contributed by atoms with van der Waals surface area (Å²) in [7, 11) is -0.903. The smallest absolute Gasteiger partial charge is 0.373 e. The highest BCUT2D eigenvalue weighted by Crippen LogP contribution is 2.17. The Labute approximate surface area is 123 Å². The lowest BCUT2D eigenvalue weighted by Crippen LogP contribution is -2.26. The van der Waals surface area contributed by atoms with Crippen LogP contribution in [0.4, 0.5) is 0 Å². The van der Waals surface area contributed by atoms with E-state index in [-0.39, 0.29) is 17.2 Å². The first-order valence-electron chi connectivity index (χ1n) is 6.13. The van der Waals surface area contributed by atoms with Crippen molar-refractivity contribution in [1.82, 2.24) is 4.31 Å². The van der Waals surface area contributed by atoms with Gasteiger partial charge in [0.1, 0.15) is 5.76 Å². The number of hydrogen-bond donors (Lipinski definition) is 0. The summed E-state index contributed by atoms with van der Waals surface area (Å²) >= 11 is 0. The maximum atomic E-state index is 12.3. The van der Waals surface area contributed by atoms with Crippen molar-refractivity contribution in [2.24, 2.45) is 0 Å². The molecule has 2 rings (SSSR count). The van der Waals surface area contributed by atoms with Crippen molar-refractivity contribution < 1.29 is 22.4 Å². The van der Waals surface area contributed by atoms with Gasteiger partial charge >= 0.3 is 5.97 Å². The van der Waals surface area contributed by atoms with E-state index in [2.05, 4.69) is 4.74 Å². The van der Waals surface area contributed by atoms with Crippen LogP contribution in [0, 0.1) is 0 Å². The molecule has 21 heavy (non-hydrogen) atoms. The number of nitrogens with zero attached hydrogens (tertiary/aromatic N) is 1. The first-order chi connectivity index (χ1) is 9.95. The van der Waals surface area contributed by atoms with Crippen LogP contribution < -0.4 is 0 Å². The zero-order chi connectivity index (χ0) is 15.5. The quantitative estimate of drug-likeness (QED) is 0.788. The van der Waals surface area contributed by atoms with E-state index in [1.807, 2.05) is 0 Å². The van der Waals surface area contributed by atoms with Gasteiger partial charge in [0.2, 0.25) is 15.8 Å². The molecule has 0 fully saturated rings. The van der Waals surface area contributed by atoms with Crippen LogP contribution in [0.1, 0.15) is 16.3 Å². The van der Waals surface area contributed by atoms with Gasteiger partial charge < -0.3 is 9.15 Å². The number of esters is 1. The van der Waals surface area contributed by atoms with E-state index < -0.39 is 16.0 Å². The summed E-state index contributed by atoms with van der Waals surface area (Å²) in [5.74, 6) is -0.203. The molecule has 0 radical (unpaired) electrons. The minimum absolute atomic E-state index is 0.0220. The topological polar surface area (TPSA) is 76.8 Å². The summed E-state index contributed by atoms with van der Waals surface area (Å²) in [6, 6.07) is 11.1. The van der Waals surface area contributed by atoms with Crippen LogP contribution >= 0.6 is 0 Å². The molecule has 0 aliphatic carbocycles. The van der Waals surface area contributed by atoms with Gasteiger partial charge in [-0.2, -0.15) is 4.31 Å². The highest BCUT2D eigenvalue weighted by atomic mass is 32.2. The molecule has 0 unspecified atom stereocenters. The number of carbonyl (C=O) groups is 1. The Morgan fingerprint density at radius 3 is 2.48 bits per heavy atom. The summed E-state index contributed by atoms with van der Waals surface area (Å²) in [6.45, 7) is 0.0220. The number of benzene rings is 1. The Kier molecular flexibility index (Phi) is 4.44. The van der Waals surface area contributed by atoms with Gasteiger partial charge in [-0.25, -0.2) is 13.2 Å². The van der Waals surface area contributed by atoms with Crippen molar-refractivity contribution >= 4 is 16.0 Å². The van der Waals surface area contributed by atoms with Crippen LogP contribution in [0.15, 0.2) is 51.8 Å². The Morgan fingerprint density at radius 2 is 1.86 bits per heavy atom. The normalized spacial score (nSPS) is 11.6. The van der Waals surface area contributed by atoms with Crippen molar-refractivity contribution in [1.29, 1.82) is 0 Å². The largest absolute Gasteiger partial charge is 0.463 e. The number of methoxy groups -OCH3 is 1. The summed E-state index contributed by atoms with van der Waals surface area (Å²) in [5.41, 5.74) is 0. The Hall–Kier alpha value is -2.12. The third-order valence-electron chi connectivity index (χ3n) is 2.88. The number of hydrogen-bond acceptors (Lipinski definition) is 5. The molecule has 0 aliphatic heterocycles. The van der Waals surface area contributed by atoms with E-state index in [0.29, 0.717) is 5.76 Å². The van der Waals surface area contributed by atoms with Crippen LogP contribution in [0.3, 0.4) is 0 Å². The molecule has 0 bridgehead atoms. The lowest BCUT2D eigenvalue weighted by atomic mass is 10.4. The van der Waals surface area contributed by atoms with Gasteiger partial charge in [0.15, 0.2) is 0 Å². The summed E-state index contributed by atoms with van der Waals surface area (Å²) < 4.78 is 35.6. The van der Waals surface area contributed by atoms with Gasteiger partial charge in [-0.3, -0.25) is 0 Å². The second-order valence-corrected chi connectivity index (χ2v) is 6.38. The van der Waals surface area contributed by atoms with E-state index in [0.717, 1.165) is 4.31 Å². The fourth-order valence-corrected chi connectivity index (χ4v) is 2.91. The van der Waals surface area contributed by atoms with Crippen LogP contribution in [0.5, 0.6) is 0 Å². The molecule has 0 aliphatic rings. The second kappa shape index (κ2) is 6.11. The monoisotopic (exact) mass is 309 g/mol. The molecule has 1 aromatic carbocycles. The average molecular weight is 309 g/mol. The number of furan rings is 1. The SMILES string of the molecule is COC(=O)c1ccc(CN(C)S(=O)(=O)c2ccccc2)o1. The van der Waals surface area contributed by atoms with E-state index in [4.69, 9.17) is 4.42 Å². The lowest BCUT2D eigenvalue weighted by molar-refractivity contribution is 0.0562. The van der Waals surface area contributed by atoms with Crippen LogP contribution in [-0.2, 0) is 21.3 Å². The van der Waals surface area contributed by atoms with Crippen LogP contribution in [-0.4, -0.2) is 32.8 Å². The molecule has 0 saturated heterocycles. The Morgan fingerprint density at radius 1 is 1.19 bits per heavy atom. The number of rotatable bonds is 5. The van der Waals surface area contributed by atoms with Gasteiger partial charge in [-0.1, -0.05) is 18.2 Å². The third kappa shape index (κ3) is 3.32. The molecule has 112 valence electrons. The minimum atomic E-state index is -3.60. The average Bonchev–Trinajstić information content (AvgIpc) is 2.95. The summed E-state index contributed by atoms with van der Waals surface area (Å²) in [6.07, 6.45) is 0. The number of sulfonamides is 1. The molecule has 1 aromatic heterocycles. The molecular weight excluding hydrogens is 294 g/mol. The highest BCUT2D eigenvalue weighted by Gasteiger charge is 2.22. The molecule has 6 nitrogen and oxygen atoms in total. The van der Waals surface area contributed by atoms with Gasteiger partial charge in [-0.15, -0.1) is 0 Å². The van der Waals surface area contributed by atoms with Crippen LogP contribution in [0.2, 0.25) is 0 Å². The molecule has 1 heterocycles. The van der Waals surface area contributed by atoms with Crippen LogP contribution in [0.25, 0.3) is 0 Å². The maximum Gasteiger partial charge on any atom is 0.373 e. The molecule has 0 atom stereocenters. The molecule has 0 spiro atoms. The standard InChI is InChI=1S/C14H15NO5S/c1-15(21(17,18)12-6-4-3-5-7-12)10-11-8-9-13(20-11)14(16)19-2/h3-9H,10H2,1-2H3. The fourth-order valence-electron chi connectivity index (χ4n) is 1.75. The second-order valence-electron chi connectivity index (χ2n) is 4.33. The lowest BCUT2D eigenvalue weighted by Gasteiger charge is -2.15. The molecule has 7 heteroatoms. The Bertz CT molecular complexity index is 721. The van der Waals surface area contributed by atoms with Crippen molar-refractivity contribution in [2.75, 3.05) is 14.2 Å². The van der Waals surface area contributed by atoms with E-state index >= 15 is 0 Å². The van der Waals surface area contributed by atoms with Gasteiger partial charge in [0.05, 0.1) is 18.6 Å². The first kappa shape index (κ1) is 15.3. The molecule has 0 saturated carbocycles.